The van der Waals surface area contributed by atoms with Gasteiger partial charge < -0.3 is 9.80 Å². The van der Waals surface area contributed by atoms with Crippen molar-refractivity contribution in [2.24, 2.45) is 0 Å². The largest absolute Gasteiger partial charge is 0.419 e. The summed E-state index contributed by atoms with van der Waals surface area (Å²) in [6.07, 6.45) is -4.28. The molecule has 0 saturated carbocycles. The van der Waals surface area contributed by atoms with Gasteiger partial charge in [0, 0.05) is 17.7 Å². The second-order valence-corrected chi connectivity index (χ2v) is 9.00. The molecule has 3 aromatic rings. The normalized spacial score (nSPS) is 19.9. The minimum atomic E-state index is -5.08. The van der Waals surface area contributed by atoms with Crippen LogP contribution in [0.3, 0.4) is 0 Å². The first-order chi connectivity index (χ1) is 17.2. The van der Waals surface area contributed by atoms with Crippen LogP contribution in [0.4, 0.5) is 22.0 Å². The van der Waals surface area contributed by atoms with E-state index in [0.29, 0.717) is 35.0 Å². The molecule has 2 aromatic carbocycles. The van der Waals surface area contributed by atoms with Crippen LogP contribution in [0.25, 0.3) is 0 Å². The molecule has 2 amide bonds. The highest BCUT2D eigenvalue weighted by atomic mass is 19.4. The van der Waals surface area contributed by atoms with Crippen molar-refractivity contribution < 1.29 is 31.5 Å². The van der Waals surface area contributed by atoms with E-state index in [1.54, 1.807) is 35.2 Å². The van der Waals surface area contributed by atoms with Gasteiger partial charge in [-0.15, -0.1) is 0 Å². The molecule has 0 radical (unpaired) electrons. The molecule has 188 valence electrons. The zero-order chi connectivity index (χ0) is 25.6. The maximum absolute atomic E-state index is 14.2. The average Bonchev–Trinajstić information content (AvgIpc) is 3.45. The maximum atomic E-state index is 14.2. The summed E-state index contributed by atoms with van der Waals surface area (Å²) in [5, 5.41) is 7.23. The zero-order valence-electron chi connectivity index (χ0n) is 18.9. The molecule has 5 rings (SSSR count). The number of fused-ring (bicyclic) bond motifs is 1. The molecule has 1 fully saturated rings. The lowest BCUT2D eigenvalue weighted by atomic mass is 9.81. The molecule has 1 N–H and O–H groups in total. The lowest BCUT2D eigenvalue weighted by Crippen LogP contribution is -2.36. The number of piperidine rings is 1. The SMILES string of the molecule is O=CN1CCC(c2ccc(F)c(F)c2C(F)(F)F)CC1c1n[nH]c2c1CN(C(=O)c1ccccc1)C2. The fraction of sp³-hybridized carbons (Fsp3) is 0.320. The van der Waals surface area contributed by atoms with Crippen LogP contribution in [0.5, 0.6) is 0 Å². The number of carbonyl (C=O) groups is 2. The summed E-state index contributed by atoms with van der Waals surface area (Å²) in [7, 11) is 0. The minimum absolute atomic E-state index is 0.0385. The standard InChI is InChI=1S/C25H21F5N4O2/c26-18-7-6-16(21(22(18)27)25(28,29)30)15-8-9-33(13-35)20(10-15)23-17-11-34(12-19(17)31-32-23)24(36)14-4-2-1-3-5-14/h1-7,13,15,20H,8-12H2,(H,31,32). The Morgan fingerprint density at radius 2 is 1.83 bits per heavy atom. The number of likely N-dealkylation sites (tertiary alicyclic amines) is 1. The van der Waals surface area contributed by atoms with Gasteiger partial charge in [-0.3, -0.25) is 14.7 Å². The van der Waals surface area contributed by atoms with Crippen LogP contribution in [0.15, 0.2) is 42.5 Å². The summed E-state index contributed by atoms with van der Waals surface area (Å²) < 4.78 is 68.9. The van der Waals surface area contributed by atoms with Gasteiger partial charge in [0.05, 0.1) is 36.1 Å². The predicted molar refractivity (Wildman–Crippen MR) is 117 cm³/mol. The number of rotatable bonds is 4. The Balaban J connectivity index is 1.45. The number of hydrogen-bond donors (Lipinski definition) is 1. The second-order valence-electron chi connectivity index (χ2n) is 9.00. The number of aromatic amines is 1. The van der Waals surface area contributed by atoms with Crippen molar-refractivity contribution in [2.45, 2.75) is 44.1 Å². The maximum Gasteiger partial charge on any atom is 0.419 e. The molecular weight excluding hydrogens is 483 g/mol. The van der Waals surface area contributed by atoms with E-state index in [4.69, 9.17) is 0 Å². The molecule has 0 bridgehead atoms. The number of benzene rings is 2. The molecule has 2 unspecified atom stereocenters. The lowest BCUT2D eigenvalue weighted by molar-refractivity contribution is -0.141. The molecule has 2 aliphatic rings. The Morgan fingerprint density at radius 1 is 1.08 bits per heavy atom. The minimum Gasteiger partial charge on any atom is -0.337 e. The molecule has 36 heavy (non-hydrogen) atoms. The highest BCUT2D eigenvalue weighted by Gasteiger charge is 2.43. The number of amides is 2. The third-order valence-corrected chi connectivity index (χ3v) is 6.94. The summed E-state index contributed by atoms with van der Waals surface area (Å²) in [5.74, 6) is -4.46. The van der Waals surface area contributed by atoms with Crippen LogP contribution in [-0.2, 0) is 24.1 Å². The molecular formula is C25H21F5N4O2. The number of nitrogens with zero attached hydrogens (tertiary/aromatic N) is 3. The van der Waals surface area contributed by atoms with Crippen molar-refractivity contribution in [3.63, 3.8) is 0 Å². The summed E-state index contributed by atoms with van der Waals surface area (Å²) in [4.78, 5) is 27.8. The monoisotopic (exact) mass is 504 g/mol. The van der Waals surface area contributed by atoms with Crippen LogP contribution in [0.1, 0.15) is 63.2 Å². The van der Waals surface area contributed by atoms with Crippen LogP contribution >= 0.6 is 0 Å². The third kappa shape index (κ3) is 4.12. The van der Waals surface area contributed by atoms with Gasteiger partial charge >= 0.3 is 6.18 Å². The van der Waals surface area contributed by atoms with Gasteiger partial charge in [0.25, 0.3) is 5.91 Å². The fourth-order valence-electron chi connectivity index (χ4n) is 5.20. The third-order valence-electron chi connectivity index (χ3n) is 6.94. The molecule has 2 atom stereocenters. The number of H-pyrrole nitrogens is 1. The summed E-state index contributed by atoms with van der Waals surface area (Å²) >= 11 is 0. The van der Waals surface area contributed by atoms with Crippen molar-refractivity contribution in [3.05, 3.63) is 87.7 Å². The first kappa shape index (κ1) is 24.0. The second kappa shape index (κ2) is 9.03. The molecule has 3 heterocycles. The molecule has 11 heteroatoms. The van der Waals surface area contributed by atoms with Gasteiger partial charge in [0.15, 0.2) is 11.6 Å². The topological polar surface area (TPSA) is 69.3 Å². The fourth-order valence-corrected chi connectivity index (χ4v) is 5.20. The Morgan fingerprint density at radius 3 is 2.53 bits per heavy atom. The number of aromatic nitrogens is 2. The first-order valence-electron chi connectivity index (χ1n) is 11.4. The van der Waals surface area contributed by atoms with Crippen molar-refractivity contribution in [3.8, 4) is 0 Å². The number of carbonyl (C=O) groups excluding carboxylic acids is 2. The lowest BCUT2D eigenvalue weighted by Gasteiger charge is -2.37. The van der Waals surface area contributed by atoms with Crippen molar-refractivity contribution in [1.82, 2.24) is 20.0 Å². The average molecular weight is 504 g/mol. The van der Waals surface area contributed by atoms with E-state index in [9.17, 15) is 31.5 Å². The van der Waals surface area contributed by atoms with Gasteiger partial charge in [-0.1, -0.05) is 24.3 Å². The first-order valence-corrected chi connectivity index (χ1v) is 11.4. The molecule has 1 aromatic heterocycles. The van der Waals surface area contributed by atoms with Crippen LogP contribution in [0, 0.1) is 11.6 Å². The van der Waals surface area contributed by atoms with E-state index < -0.39 is 35.3 Å². The molecule has 0 spiro atoms. The van der Waals surface area contributed by atoms with E-state index in [0.717, 1.165) is 6.07 Å². The number of halogens is 5. The van der Waals surface area contributed by atoms with E-state index in [1.165, 1.54) is 4.90 Å². The van der Waals surface area contributed by atoms with E-state index in [1.807, 2.05) is 0 Å². The highest BCUT2D eigenvalue weighted by molar-refractivity contribution is 5.94. The number of alkyl halides is 3. The van der Waals surface area contributed by atoms with Crippen molar-refractivity contribution >= 4 is 12.3 Å². The van der Waals surface area contributed by atoms with Crippen LogP contribution in [0.2, 0.25) is 0 Å². The molecule has 1 saturated heterocycles. The van der Waals surface area contributed by atoms with Crippen LogP contribution < -0.4 is 0 Å². The van der Waals surface area contributed by atoms with E-state index in [-0.39, 0.29) is 43.9 Å². The molecule has 2 aliphatic heterocycles. The van der Waals surface area contributed by atoms with Gasteiger partial charge in [-0.2, -0.15) is 18.3 Å². The Hall–Kier alpha value is -3.76. The Bertz CT molecular complexity index is 1310. The van der Waals surface area contributed by atoms with Gasteiger partial charge in [-0.25, -0.2) is 8.78 Å². The summed E-state index contributed by atoms with van der Waals surface area (Å²) in [6.45, 7) is 0.611. The van der Waals surface area contributed by atoms with Crippen molar-refractivity contribution in [2.75, 3.05) is 6.54 Å². The smallest absolute Gasteiger partial charge is 0.337 e. The number of nitrogens with one attached hydrogen (secondary N) is 1. The highest BCUT2D eigenvalue weighted by Crippen LogP contribution is 2.45. The van der Waals surface area contributed by atoms with E-state index in [2.05, 4.69) is 10.2 Å². The van der Waals surface area contributed by atoms with Gasteiger partial charge in [0.2, 0.25) is 6.41 Å². The number of hydrogen-bond acceptors (Lipinski definition) is 3. The molecule has 6 nitrogen and oxygen atoms in total. The molecule has 0 aliphatic carbocycles. The zero-order valence-corrected chi connectivity index (χ0v) is 18.9. The van der Waals surface area contributed by atoms with Gasteiger partial charge in [0.1, 0.15) is 0 Å². The predicted octanol–water partition coefficient (Wildman–Crippen LogP) is 4.94. The Kier molecular flexibility index (Phi) is 6.01. The Labute approximate surface area is 202 Å². The quantitative estimate of drug-likeness (QED) is 0.404. The van der Waals surface area contributed by atoms with Gasteiger partial charge in [-0.05, 0) is 42.5 Å². The van der Waals surface area contributed by atoms with E-state index >= 15 is 0 Å². The summed E-state index contributed by atoms with van der Waals surface area (Å²) in [5.41, 5.74) is 0.413. The van der Waals surface area contributed by atoms with Crippen LogP contribution in [-0.4, -0.2) is 38.9 Å². The van der Waals surface area contributed by atoms with Crippen molar-refractivity contribution in [1.29, 1.82) is 0 Å². The summed E-state index contributed by atoms with van der Waals surface area (Å²) in [6, 6.07) is 9.69.